The highest BCUT2D eigenvalue weighted by Gasteiger charge is 2.23. The lowest BCUT2D eigenvalue weighted by atomic mass is 9.86. The Bertz CT molecular complexity index is 2350. The van der Waals surface area contributed by atoms with Crippen molar-refractivity contribution >= 4 is 49.9 Å². The molecule has 0 spiro atoms. The van der Waals surface area contributed by atoms with E-state index >= 15 is 0 Å². The van der Waals surface area contributed by atoms with Crippen molar-refractivity contribution in [2.24, 2.45) is 0 Å². The number of rotatable bonds is 19. The van der Waals surface area contributed by atoms with E-state index in [1.54, 1.807) is 49.7 Å². The Labute approximate surface area is 337 Å². The molecule has 1 heterocycles. The molecule has 2 amide bonds. The summed E-state index contributed by atoms with van der Waals surface area (Å²) >= 11 is 0. The second-order valence-electron chi connectivity index (χ2n) is 14.2. The van der Waals surface area contributed by atoms with E-state index < -0.39 is 22.0 Å². The molecule has 58 heavy (non-hydrogen) atoms. The molecule has 0 saturated carbocycles. The third-order valence-corrected chi connectivity index (χ3v) is 9.10. The predicted molar refractivity (Wildman–Crippen MR) is 222 cm³/mol. The number of nitrogens with zero attached hydrogens (tertiary/aromatic N) is 1. The summed E-state index contributed by atoms with van der Waals surface area (Å²) < 4.78 is 60.6. The van der Waals surface area contributed by atoms with Gasteiger partial charge in [-0.25, -0.2) is 18.0 Å². The van der Waals surface area contributed by atoms with E-state index in [4.69, 9.17) is 33.5 Å². The van der Waals surface area contributed by atoms with Crippen molar-refractivity contribution in [2.75, 3.05) is 68.9 Å². The fraction of sp³-hybridized carbons (Fsp3) is 0.310. The van der Waals surface area contributed by atoms with Crippen molar-refractivity contribution < 1.29 is 51.5 Å². The van der Waals surface area contributed by atoms with Crippen LogP contribution in [0.3, 0.4) is 0 Å². The lowest BCUT2D eigenvalue weighted by molar-refractivity contribution is -0.142. The molecule has 0 fully saturated rings. The number of urea groups is 1. The molecule has 5 aromatic rings. The van der Waals surface area contributed by atoms with Gasteiger partial charge in [-0.2, -0.15) is 0 Å². The quantitative estimate of drug-likeness (QED) is 0.0603. The first-order valence-corrected chi connectivity index (χ1v) is 20.1. The number of carboxylic acid groups (broad SMARTS) is 1. The van der Waals surface area contributed by atoms with Crippen LogP contribution < -0.4 is 34.3 Å². The SMILES string of the molecule is COc1cc(Cc2cc(Oc3ccc(NC(=O)Nc4cc(C(C)(C)C)cc(NS(C)(=O)=O)c4OC)c4ccccc34)ccn2)cc(OCCOCCOCC(=O)O)c1. The smallest absolute Gasteiger partial charge is 0.329 e. The molecular weight excluding hydrogens is 769 g/mol. The van der Waals surface area contributed by atoms with Gasteiger partial charge in [-0.3, -0.25) is 9.71 Å². The first-order valence-electron chi connectivity index (χ1n) is 18.2. The average Bonchev–Trinajstić information content (AvgIpc) is 3.15. The summed E-state index contributed by atoms with van der Waals surface area (Å²) in [4.78, 5) is 28.6. The van der Waals surface area contributed by atoms with Crippen LogP contribution in [0.4, 0.5) is 21.9 Å². The number of pyridine rings is 1. The van der Waals surface area contributed by atoms with Crippen molar-refractivity contribution in [1.82, 2.24) is 4.98 Å². The number of methoxy groups -OCH3 is 2. The Morgan fingerprint density at radius 3 is 2.16 bits per heavy atom. The zero-order valence-electron chi connectivity index (χ0n) is 33.2. The average molecular weight is 817 g/mol. The van der Waals surface area contributed by atoms with Crippen molar-refractivity contribution in [2.45, 2.75) is 32.6 Å². The number of carbonyl (C=O) groups excluding carboxylic acids is 1. The number of aromatic nitrogens is 1. The number of hydrogen-bond acceptors (Lipinski definition) is 11. The standard InChI is InChI=1S/C42H48N4O11S/c1-42(2,3)28-22-36(40(53-5)37(23-28)46-58(6,50)51)45-41(49)44-35-11-12-38(34-10-8-7-9-33(34)35)57-30-13-14-43-29(24-30)19-27-20-31(52-4)25-32(21-27)56-18-17-54-15-16-55-26-39(47)48/h7-14,20-25,46H,15-19,26H2,1-6H3,(H,47,48)(H2,44,45,49). The van der Waals surface area contributed by atoms with E-state index in [-0.39, 0.29) is 55.6 Å². The van der Waals surface area contributed by atoms with Crippen LogP contribution in [0.15, 0.2) is 85.1 Å². The van der Waals surface area contributed by atoms with E-state index in [9.17, 15) is 18.0 Å². The van der Waals surface area contributed by atoms with Crippen LogP contribution >= 0.6 is 0 Å². The Morgan fingerprint density at radius 2 is 1.45 bits per heavy atom. The van der Waals surface area contributed by atoms with Gasteiger partial charge >= 0.3 is 12.0 Å². The molecule has 0 aliphatic carbocycles. The molecule has 0 atom stereocenters. The predicted octanol–water partition coefficient (Wildman–Crippen LogP) is 7.44. The van der Waals surface area contributed by atoms with E-state index in [1.165, 1.54) is 7.11 Å². The maximum Gasteiger partial charge on any atom is 0.329 e. The van der Waals surface area contributed by atoms with Crippen molar-refractivity contribution in [3.63, 3.8) is 0 Å². The highest BCUT2D eigenvalue weighted by Crippen LogP contribution is 2.40. The van der Waals surface area contributed by atoms with E-state index in [1.807, 2.05) is 63.2 Å². The van der Waals surface area contributed by atoms with Gasteiger partial charge in [-0.1, -0.05) is 45.0 Å². The number of amides is 2. The summed E-state index contributed by atoms with van der Waals surface area (Å²) in [5, 5.41) is 15.9. The lowest BCUT2D eigenvalue weighted by Gasteiger charge is -2.24. The third-order valence-electron chi connectivity index (χ3n) is 8.51. The highest BCUT2D eigenvalue weighted by molar-refractivity contribution is 7.92. The van der Waals surface area contributed by atoms with Gasteiger partial charge in [0.2, 0.25) is 10.0 Å². The largest absolute Gasteiger partial charge is 0.497 e. The lowest BCUT2D eigenvalue weighted by Crippen LogP contribution is -2.22. The molecule has 5 rings (SSSR count). The summed E-state index contributed by atoms with van der Waals surface area (Å²) in [6, 6.07) is 23.1. The fourth-order valence-corrected chi connectivity index (χ4v) is 6.43. The van der Waals surface area contributed by atoms with E-state index in [0.29, 0.717) is 35.1 Å². The van der Waals surface area contributed by atoms with Crippen molar-refractivity contribution in [1.29, 1.82) is 0 Å². The molecule has 0 aliphatic rings. The number of carboxylic acids is 1. The Morgan fingerprint density at radius 1 is 0.759 bits per heavy atom. The maximum absolute atomic E-state index is 13.5. The summed E-state index contributed by atoms with van der Waals surface area (Å²) in [6.45, 7) is 6.55. The molecule has 4 N–H and O–H groups in total. The summed E-state index contributed by atoms with van der Waals surface area (Å²) in [5.41, 5.74) is 3.06. The number of ether oxygens (including phenoxy) is 6. The van der Waals surface area contributed by atoms with Crippen LogP contribution in [0.2, 0.25) is 0 Å². The number of carbonyl (C=O) groups is 2. The molecule has 4 aromatic carbocycles. The van der Waals surface area contributed by atoms with Gasteiger partial charge in [0, 0.05) is 41.2 Å². The first kappa shape index (κ1) is 43.0. The molecule has 0 saturated heterocycles. The van der Waals surface area contributed by atoms with E-state index in [0.717, 1.165) is 33.8 Å². The molecule has 0 aliphatic heterocycles. The van der Waals surface area contributed by atoms with Crippen LogP contribution in [0.1, 0.15) is 37.6 Å². The number of nitrogens with one attached hydrogen (secondary N) is 3. The number of hydrogen-bond donors (Lipinski definition) is 4. The first-order chi connectivity index (χ1) is 27.6. The third kappa shape index (κ3) is 12.4. The number of sulfonamides is 1. The van der Waals surface area contributed by atoms with Crippen LogP contribution in [0.5, 0.6) is 28.7 Å². The number of benzene rings is 4. The second kappa shape index (κ2) is 19.4. The molecular formula is C42H48N4O11S. The molecule has 1 aromatic heterocycles. The zero-order valence-corrected chi connectivity index (χ0v) is 34.0. The molecule has 0 radical (unpaired) electrons. The van der Waals surface area contributed by atoms with Crippen LogP contribution in [0, 0.1) is 0 Å². The van der Waals surface area contributed by atoms with E-state index in [2.05, 4.69) is 20.3 Å². The second-order valence-corrected chi connectivity index (χ2v) is 15.9. The number of fused-ring (bicyclic) bond motifs is 1. The minimum atomic E-state index is -3.65. The van der Waals surface area contributed by atoms with Gasteiger partial charge in [-0.05, 0) is 59.0 Å². The molecule has 308 valence electrons. The summed E-state index contributed by atoms with van der Waals surface area (Å²) in [5.74, 6) is 1.45. The van der Waals surface area contributed by atoms with Crippen LogP contribution in [-0.4, -0.2) is 84.0 Å². The molecule has 0 bridgehead atoms. The van der Waals surface area contributed by atoms with Crippen molar-refractivity contribution in [3.05, 3.63) is 102 Å². The van der Waals surface area contributed by atoms with Gasteiger partial charge in [0.25, 0.3) is 0 Å². The van der Waals surface area contributed by atoms with Gasteiger partial charge < -0.3 is 44.2 Å². The normalized spacial score (nSPS) is 11.5. The van der Waals surface area contributed by atoms with Gasteiger partial charge in [0.05, 0.1) is 57.4 Å². The monoisotopic (exact) mass is 816 g/mol. The molecule has 15 nitrogen and oxygen atoms in total. The van der Waals surface area contributed by atoms with Gasteiger partial charge in [-0.15, -0.1) is 0 Å². The minimum Gasteiger partial charge on any atom is -0.497 e. The zero-order chi connectivity index (χ0) is 41.9. The Kier molecular flexibility index (Phi) is 14.4. The maximum atomic E-state index is 13.5. The summed E-state index contributed by atoms with van der Waals surface area (Å²) in [7, 11) is -0.667. The van der Waals surface area contributed by atoms with Gasteiger partial charge in [0.15, 0.2) is 5.75 Å². The Hall–Kier alpha value is -6.10. The topological polar surface area (TPSA) is 193 Å². The van der Waals surface area contributed by atoms with Crippen LogP contribution in [-0.2, 0) is 36.1 Å². The number of anilines is 3. The highest BCUT2D eigenvalue weighted by atomic mass is 32.2. The number of aliphatic carboxylic acids is 1. The molecule has 16 heteroatoms. The van der Waals surface area contributed by atoms with Crippen LogP contribution in [0.25, 0.3) is 10.8 Å². The van der Waals surface area contributed by atoms with Gasteiger partial charge in [0.1, 0.15) is 36.2 Å². The minimum absolute atomic E-state index is 0.167. The summed E-state index contributed by atoms with van der Waals surface area (Å²) in [6.07, 6.45) is 3.17. The van der Waals surface area contributed by atoms with Crippen molar-refractivity contribution in [3.8, 4) is 28.7 Å². The Balaban J connectivity index is 1.28. The molecule has 0 unspecified atom stereocenters. The fourth-order valence-electron chi connectivity index (χ4n) is 5.88.